The van der Waals surface area contributed by atoms with Gasteiger partial charge in [-0.25, -0.2) is 17.6 Å². The van der Waals surface area contributed by atoms with Crippen molar-refractivity contribution < 1.29 is 46.1 Å². The summed E-state index contributed by atoms with van der Waals surface area (Å²) < 4.78 is 78.0. The van der Waals surface area contributed by atoms with Crippen molar-refractivity contribution in [2.75, 3.05) is 72.2 Å². The Balaban J connectivity index is 0.000000243. The van der Waals surface area contributed by atoms with Gasteiger partial charge in [0.2, 0.25) is 0 Å². The van der Waals surface area contributed by atoms with Crippen molar-refractivity contribution >= 4 is 24.0 Å². The summed E-state index contributed by atoms with van der Waals surface area (Å²) >= 11 is 0. The van der Waals surface area contributed by atoms with Crippen molar-refractivity contribution in [3.63, 3.8) is 0 Å². The van der Waals surface area contributed by atoms with Gasteiger partial charge in [-0.3, -0.25) is 14.5 Å². The fourth-order valence-corrected chi connectivity index (χ4v) is 10.1. The molecule has 73 heavy (non-hydrogen) atoms. The molecule has 2 saturated heterocycles. The lowest BCUT2D eigenvalue weighted by Gasteiger charge is -2.34. The molecule has 396 valence electrons. The average Bonchev–Trinajstić information content (AvgIpc) is 4.05. The Morgan fingerprint density at radius 1 is 0.589 bits per heavy atom. The predicted molar refractivity (Wildman–Crippen MR) is 282 cm³/mol. The van der Waals surface area contributed by atoms with Crippen LogP contribution in [0.4, 0.5) is 17.6 Å². The highest BCUT2D eigenvalue weighted by atomic mass is 19.1. The minimum atomic E-state index is -0.629. The largest absolute Gasteiger partial charge is 0.494 e. The summed E-state index contributed by atoms with van der Waals surface area (Å²) in [6.45, 7) is 18.1. The first kappa shape index (κ1) is 56.4. The second-order valence-electron chi connectivity index (χ2n) is 19.4. The van der Waals surface area contributed by atoms with Crippen LogP contribution in [0.5, 0.6) is 23.0 Å². The Bertz CT molecular complexity index is 2440. The molecular formula is C59H76F4N4O6. The van der Waals surface area contributed by atoms with Crippen molar-refractivity contribution in [2.45, 2.75) is 111 Å². The molecular weight excluding hydrogens is 937 g/mol. The van der Waals surface area contributed by atoms with E-state index >= 15 is 0 Å². The molecule has 0 radical (unpaired) electrons. The first-order valence-corrected chi connectivity index (χ1v) is 26.4. The number of hydrogen-bond acceptors (Lipinski definition) is 8. The van der Waals surface area contributed by atoms with Crippen molar-refractivity contribution in [1.82, 2.24) is 20.0 Å². The number of carbonyl (C=O) groups is 2. The summed E-state index contributed by atoms with van der Waals surface area (Å²) in [6, 6.07) is 18.1. The van der Waals surface area contributed by atoms with E-state index in [1.54, 1.807) is 53.5 Å². The summed E-state index contributed by atoms with van der Waals surface area (Å²) in [5, 5.41) is 3.43. The molecule has 10 nitrogen and oxygen atoms in total. The quantitative estimate of drug-likeness (QED) is 0.0779. The van der Waals surface area contributed by atoms with Crippen LogP contribution in [-0.4, -0.2) is 111 Å². The zero-order chi connectivity index (χ0) is 52.3. The van der Waals surface area contributed by atoms with Gasteiger partial charge in [0, 0.05) is 91.3 Å². The van der Waals surface area contributed by atoms with Gasteiger partial charge in [0.25, 0.3) is 11.8 Å². The molecule has 1 aliphatic carbocycles. The smallest absolute Gasteiger partial charge is 0.254 e. The van der Waals surface area contributed by atoms with Gasteiger partial charge in [-0.05, 0) is 148 Å². The molecule has 4 aromatic rings. The van der Waals surface area contributed by atoms with E-state index in [4.69, 9.17) is 18.9 Å². The van der Waals surface area contributed by atoms with E-state index in [1.807, 2.05) is 46.4 Å². The standard InChI is InChI=1S/C33H44F2N2O3.C26H32F2N2O3/c1-4-39-30-17-27(18-31(20-30)40-5-2)33(38)37(21-24(3)16-26-13-14-28(34)19-32(26)35)23-29-12-9-15-36(29)22-25-10-7-6-8-11-25;1-4-32-23-12-20(13-24(15-23)33-5-2)26(31)30(17-22-7-6-10-29-22)16-18(3)11-19-8-9-21(27)14-25(19)28/h13-14,16-20,25,29H,4-12,15,21-23H2,1-3H3;8-9,11-15,22,29H,4-7,10,16-17H2,1-3H3/b24-16+;18-11+/t29-;/m1./s1. The lowest BCUT2D eigenvalue weighted by molar-refractivity contribution is 0.0708. The zero-order valence-electron chi connectivity index (χ0n) is 43.8. The molecule has 3 aliphatic rings. The van der Waals surface area contributed by atoms with Crippen LogP contribution in [0.15, 0.2) is 83.9 Å². The molecule has 3 fully saturated rings. The Labute approximate surface area is 430 Å². The lowest BCUT2D eigenvalue weighted by Crippen LogP contribution is -2.45. The van der Waals surface area contributed by atoms with Crippen LogP contribution in [-0.2, 0) is 0 Å². The minimum Gasteiger partial charge on any atom is -0.494 e. The number of ether oxygens (including phenoxy) is 4. The van der Waals surface area contributed by atoms with Crippen LogP contribution < -0.4 is 24.3 Å². The molecule has 2 aliphatic heterocycles. The fourth-order valence-electron chi connectivity index (χ4n) is 10.1. The van der Waals surface area contributed by atoms with Gasteiger partial charge < -0.3 is 34.1 Å². The molecule has 4 aromatic carbocycles. The monoisotopic (exact) mass is 1010 g/mol. The summed E-state index contributed by atoms with van der Waals surface area (Å²) in [5.41, 5.74) is 3.19. The van der Waals surface area contributed by atoms with E-state index < -0.39 is 23.3 Å². The van der Waals surface area contributed by atoms with Crippen molar-refractivity contribution in [1.29, 1.82) is 0 Å². The van der Waals surface area contributed by atoms with E-state index in [0.29, 0.717) is 92.3 Å². The van der Waals surface area contributed by atoms with Crippen LogP contribution in [0.2, 0.25) is 0 Å². The number of amides is 2. The Hall–Kier alpha value is -5.86. The number of benzene rings is 4. The molecule has 7 rings (SSSR count). The first-order chi connectivity index (χ1) is 35.2. The van der Waals surface area contributed by atoms with E-state index in [-0.39, 0.29) is 29.5 Å². The number of hydrogen-bond donors (Lipinski definition) is 1. The van der Waals surface area contributed by atoms with Gasteiger partial charge in [0.1, 0.15) is 46.3 Å². The second kappa shape index (κ2) is 28.6. The van der Waals surface area contributed by atoms with E-state index in [1.165, 1.54) is 56.4 Å². The van der Waals surface area contributed by atoms with Gasteiger partial charge >= 0.3 is 0 Å². The minimum absolute atomic E-state index is 0.112. The molecule has 0 spiro atoms. The van der Waals surface area contributed by atoms with Crippen LogP contribution >= 0.6 is 0 Å². The summed E-state index contributed by atoms with van der Waals surface area (Å²) in [4.78, 5) is 33.9. The molecule has 1 unspecified atom stereocenters. The maximum absolute atomic E-state index is 14.4. The molecule has 14 heteroatoms. The molecule has 1 saturated carbocycles. The number of likely N-dealkylation sites (tertiary alicyclic amines) is 1. The van der Waals surface area contributed by atoms with Crippen molar-refractivity contribution in [3.05, 3.63) is 129 Å². The van der Waals surface area contributed by atoms with Gasteiger partial charge in [0.05, 0.1) is 26.4 Å². The lowest BCUT2D eigenvalue weighted by atomic mass is 9.89. The van der Waals surface area contributed by atoms with Crippen molar-refractivity contribution in [2.24, 2.45) is 5.92 Å². The second-order valence-corrected chi connectivity index (χ2v) is 19.4. The summed E-state index contributed by atoms with van der Waals surface area (Å²) in [7, 11) is 0. The third-order valence-electron chi connectivity index (χ3n) is 13.4. The van der Waals surface area contributed by atoms with Crippen LogP contribution in [0.1, 0.15) is 131 Å². The highest BCUT2D eigenvalue weighted by molar-refractivity contribution is 5.96. The maximum atomic E-state index is 14.4. The Kier molecular flexibility index (Phi) is 22.1. The molecule has 0 aromatic heterocycles. The summed E-state index contributed by atoms with van der Waals surface area (Å²) in [5.74, 6) is 0.338. The fraction of sp³-hybridized carbons (Fsp3) is 0.492. The van der Waals surface area contributed by atoms with Crippen LogP contribution in [0.3, 0.4) is 0 Å². The normalized spacial score (nSPS) is 17.5. The SMILES string of the molecule is CCOc1cc(OCC)cc(C(=O)N(C/C(C)=C/c2ccc(F)cc2F)CC2CCCN2)c1.CCOc1cc(OCC)cc(C(=O)N(C/C(C)=C/c2ccc(F)cc2F)C[C@H]2CCCN2CC2CCCCC2)c1. The molecule has 2 amide bonds. The van der Waals surface area contributed by atoms with E-state index in [0.717, 1.165) is 74.5 Å². The molecule has 2 atom stereocenters. The first-order valence-electron chi connectivity index (χ1n) is 26.4. The molecule has 2 heterocycles. The Morgan fingerprint density at radius 2 is 1.05 bits per heavy atom. The number of nitrogens with zero attached hydrogens (tertiary/aromatic N) is 3. The van der Waals surface area contributed by atoms with Gasteiger partial charge in [0.15, 0.2) is 0 Å². The highest BCUT2D eigenvalue weighted by Crippen LogP contribution is 2.31. The maximum Gasteiger partial charge on any atom is 0.254 e. The number of carbonyl (C=O) groups excluding carboxylic acids is 2. The molecule has 1 N–H and O–H groups in total. The number of halogens is 4. The van der Waals surface area contributed by atoms with Crippen LogP contribution in [0, 0.1) is 29.2 Å². The third-order valence-corrected chi connectivity index (χ3v) is 13.4. The predicted octanol–water partition coefficient (Wildman–Crippen LogP) is 12.4. The average molecular weight is 1010 g/mol. The molecule has 0 bridgehead atoms. The van der Waals surface area contributed by atoms with Gasteiger partial charge in [-0.2, -0.15) is 0 Å². The number of nitrogens with one attached hydrogen (secondary N) is 1. The van der Waals surface area contributed by atoms with E-state index in [9.17, 15) is 27.2 Å². The zero-order valence-corrected chi connectivity index (χ0v) is 43.8. The van der Waals surface area contributed by atoms with Gasteiger partial charge in [-0.15, -0.1) is 0 Å². The topological polar surface area (TPSA) is 92.8 Å². The van der Waals surface area contributed by atoms with Gasteiger partial charge in [-0.1, -0.05) is 42.6 Å². The van der Waals surface area contributed by atoms with Crippen molar-refractivity contribution in [3.8, 4) is 23.0 Å². The number of rotatable bonds is 22. The summed E-state index contributed by atoms with van der Waals surface area (Å²) in [6.07, 6.45) is 14.1. The Morgan fingerprint density at radius 3 is 1.48 bits per heavy atom. The third kappa shape index (κ3) is 17.4. The van der Waals surface area contributed by atoms with Crippen LogP contribution in [0.25, 0.3) is 12.2 Å². The van der Waals surface area contributed by atoms with E-state index in [2.05, 4.69) is 10.2 Å². The highest BCUT2D eigenvalue weighted by Gasteiger charge is 2.31.